The van der Waals surface area contributed by atoms with Crippen LogP contribution in [0.25, 0.3) is 33.4 Å². The van der Waals surface area contributed by atoms with Gasteiger partial charge in [-0.2, -0.15) is 0 Å². The summed E-state index contributed by atoms with van der Waals surface area (Å²) in [6.45, 7) is 0. The molecular weight excluding hydrogens is 400 g/mol. The van der Waals surface area contributed by atoms with Crippen molar-refractivity contribution >= 4 is 6.29 Å². The molecule has 6 rings (SSSR count). The van der Waals surface area contributed by atoms with Crippen LogP contribution >= 0.6 is 0 Å². The molecule has 0 saturated carbocycles. The number of aldehydes is 1. The van der Waals surface area contributed by atoms with Crippen LogP contribution in [-0.4, -0.2) is 6.29 Å². The zero-order chi connectivity index (χ0) is 22.2. The third-order valence-corrected chi connectivity index (χ3v) is 6.64. The van der Waals surface area contributed by atoms with Crippen LogP contribution < -0.4 is 0 Å². The lowest BCUT2D eigenvalue weighted by atomic mass is 9.88. The highest BCUT2D eigenvalue weighted by Gasteiger charge is 2.30. The van der Waals surface area contributed by atoms with Gasteiger partial charge in [-0.3, -0.25) is 4.79 Å². The number of hydrogen-bond donors (Lipinski definition) is 0. The lowest BCUT2D eigenvalue weighted by Gasteiger charge is -2.15. The van der Waals surface area contributed by atoms with Crippen molar-refractivity contribution in [1.29, 1.82) is 0 Å². The van der Waals surface area contributed by atoms with E-state index in [1.54, 1.807) is 0 Å². The van der Waals surface area contributed by atoms with Crippen LogP contribution in [-0.2, 0) is 0 Å². The molecular formula is C32H22O. The molecule has 1 heteroatoms. The number of hydrogen-bond acceptors (Lipinski definition) is 1. The van der Waals surface area contributed by atoms with Crippen LogP contribution in [0.15, 0.2) is 121 Å². The molecule has 0 aromatic heterocycles. The maximum Gasteiger partial charge on any atom is 0.150 e. The Morgan fingerprint density at radius 1 is 0.485 bits per heavy atom. The van der Waals surface area contributed by atoms with Gasteiger partial charge >= 0.3 is 0 Å². The summed E-state index contributed by atoms with van der Waals surface area (Å²) in [5.74, 6) is 0.158. The summed E-state index contributed by atoms with van der Waals surface area (Å²) in [5, 5.41) is 0. The van der Waals surface area contributed by atoms with E-state index >= 15 is 0 Å². The van der Waals surface area contributed by atoms with E-state index in [1.807, 2.05) is 12.1 Å². The quantitative estimate of drug-likeness (QED) is 0.263. The molecule has 0 radical (unpaired) electrons. The molecule has 5 aromatic rings. The van der Waals surface area contributed by atoms with Gasteiger partial charge in [0.05, 0.1) is 0 Å². The highest BCUT2D eigenvalue weighted by molar-refractivity contribution is 5.87. The first kappa shape index (κ1) is 19.5. The molecule has 0 spiro atoms. The van der Waals surface area contributed by atoms with Gasteiger partial charge in [0.15, 0.2) is 0 Å². The topological polar surface area (TPSA) is 17.1 Å². The largest absolute Gasteiger partial charge is 0.298 e. The SMILES string of the molecule is O=Cc1ccc(C2c3ccc(-c4ccccc4)cc3-c3cc(-c4ccccc4)ccc32)cc1. The number of fused-ring (bicyclic) bond motifs is 3. The Balaban J connectivity index is 1.55. The summed E-state index contributed by atoms with van der Waals surface area (Å²) in [6, 6.07) is 42.8. The van der Waals surface area contributed by atoms with Crippen molar-refractivity contribution in [3.05, 3.63) is 144 Å². The molecule has 0 aliphatic heterocycles. The van der Waals surface area contributed by atoms with E-state index in [9.17, 15) is 4.79 Å². The number of carbonyl (C=O) groups excluding carboxylic acids is 1. The maximum absolute atomic E-state index is 11.2. The Bertz CT molecular complexity index is 1360. The van der Waals surface area contributed by atoms with Crippen LogP contribution in [0.2, 0.25) is 0 Å². The molecule has 0 atom stereocenters. The Kier molecular flexibility index (Phi) is 4.74. The van der Waals surface area contributed by atoms with Crippen LogP contribution in [0.1, 0.15) is 33.0 Å². The van der Waals surface area contributed by atoms with Gasteiger partial charge in [0, 0.05) is 11.5 Å². The predicted molar refractivity (Wildman–Crippen MR) is 136 cm³/mol. The fourth-order valence-corrected chi connectivity index (χ4v) is 5.00. The monoisotopic (exact) mass is 422 g/mol. The summed E-state index contributed by atoms with van der Waals surface area (Å²) in [7, 11) is 0. The van der Waals surface area contributed by atoms with Crippen LogP contribution in [0, 0.1) is 0 Å². The smallest absolute Gasteiger partial charge is 0.150 e. The minimum absolute atomic E-state index is 0.158. The average molecular weight is 423 g/mol. The highest BCUT2D eigenvalue weighted by Crippen LogP contribution is 2.50. The summed E-state index contributed by atoms with van der Waals surface area (Å²) in [6.07, 6.45) is 0.901. The molecule has 0 amide bonds. The van der Waals surface area contributed by atoms with Crippen molar-refractivity contribution in [3.63, 3.8) is 0 Å². The van der Waals surface area contributed by atoms with E-state index in [0.29, 0.717) is 5.56 Å². The average Bonchev–Trinajstić information content (AvgIpc) is 3.23. The Morgan fingerprint density at radius 3 is 1.42 bits per heavy atom. The second-order valence-electron chi connectivity index (χ2n) is 8.55. The lowest BCUT2D eigenvalue weighted by Crippen LogP contribution is -1.99. The molecule has 0 heterocycles. The molecule has 0 unspecified atom stereocenters. The van der Waals surface area contributed by atoms with Crippen LogP contribution in [0.3, 0.4) is 0 Å². The molecule has 0 N–H and O–H groups in total. The first-order valence-corrected chi connectivity index (χ1v) is 11.3. The van der Waals surface area contributed by atoms with E-state index in [0.717, 1.165) is 6.29 Å². The zero-order valence-electron chi connectivity index (χ0n) is 18.1. The highest BCUT2D eigenvalue weighted by atomic mass is 16.1. The second kappa shape index (κ2) is 8.03. The van der Waals surface area contributed by atoms with E-state index in [-0.39, 0.29) is 5.92 Å². The van der Waals surface area contributed by atoms with Crippen LogP contribution in [0.5, 0.6) is 0 Å². The van der Waals surface area contributed by atoms with Gasteiger partial charge in [-0.05, 0) is 62.2 Å². The first-order chi connectivity index (χ1) is 16.3. The summed E-state index contributed by atoms with van der Waals surface area (Å²) < 4.78 is 0. The second-order valence-corrected chi connectivity index (χ2v) is 8.55. The predicted octanol–water partition coefficient (Wildman–Crippen LogP) is 7.99. The van der Waals surface area contributed by atoms with Crippen molar-refractivity contribution in [2.75, 3.05) is 0 Å². The van der Waals surface area contributed by atoms with Gasteiger partial charge in [0.25, 0.3) is 0 Å². The first-order valence-electron chi connectivity index (χ1n) is 11.3. The summed E-state index contributed by atoms with van der Waals surface area (Å²) >= 11 is 0. The van der Waals surface area contributed by atoms with Gasteiger partial charge in [0.1, 0.15) is 6.29 Å². The Labute approximate surface area is 194 Å². The lowest BCUT2D eigenvalue weighted by molar-refractivity contribution is 0.112. The molecule has 1 aliphatic rings. The normalized spacial score (nSPS) is 12.2. The van der Waals surface area contributed by atoms with Crippen molar-refractivity contribution in [2.45, 2.75) is 5.92 Å². The van der Waals surface area contributed by atoms with E-state index in [4.69, 9.17) is 0 Å². The molecule has 1 aliphatic carbocycles. The van der Waals surface area contributed by atoms with Gasteiger partial charge in [-0.15, -0.1) is 0 Å². The summed E-state index contributed by atoms with van der Waals surface area (Å²) in [4.78, 5) is 11.2. The molecule has 33 heavy (non-hydrogen) atoms. The van der Waals surface area contributed by atoms with E-state index < -0.39 is 0 Å². The van der Waals surface area contributed by atoms with Gasteiger partial charge < -0.3 is 0 Å². The van der Waals surface area contributed by atoms with Gasteiger partial charge in [-0.25, -0.2) is 0 Å². The Morgan fingerprint density at radius 2 is 0.970 bits per heavy atom. The molecule has 0 bridgehead atoms. The van der Waals surface area contributed by atoms with Gasteiger partial charge in [0.2, 0.25) is 0 Å². The molecule has 0 saturated heterocycles. The molecule has 0 fully saturated rings. The fourth-order valence-electron chi connectivity index (χ4n) is 5.00. The number of carbonyl (C=O) groups is 1. The number of benzene rings is 5. The van der Waals surface area contributed by atoms with Crippen molar-refractivity contribution in [2.24, 2.45) is 0 Å². The number of rotatable bonds is 4. The maximum atomic E-state index is 11.2. The summed E-state index contributed by atoms with van der Waals surface area (Å²) in [5.41, 5.74) is 12.0. The molecule has 5 aromatic carbocycles. The van der Waals surface area contributed by atoms with Crippen molar-refractivity contribution in [1.82, 2.24) is 0 Å². The van der Waals surface area contributed by atoms with Crippen molar-refractivity contribution < 1.29 is 4.79 Å². The minimum Gasteiger partial charge on any atom is -0.298 e. The van der Waals surface area contributed by atoms with E-state index in [2.05, 4.69) is 109 Å². The molecule has 156 valence electrons. The van der Waals surface area contributed by atoms with E-state index in [1.165, 1.54) is 50.1 Å². The Hall–Kier alpha value is -4.23. The fraction of sp³-hybridized carbons (Fsp3) is 0.0312. The third-order valence-electron chi connectivity index (χ3n) is 6.64. The molecule has 1 nitrogen and oxygen atoms in total. The standard InChI is InChI=1S/C32H22O/c33-21-22-11-13-25(14-12-22)32-28-17-15-26(23-7-3-1-4-8-23)19-30(28)31-20-27(16-18-29(31)32)24-9-5-2-6-10-24/h1-21,32H. The minimum atomic E-state index is 0.158. The zero-order valence-corrected chi connectivity index (χ0v) is 18.1. The third kappa shape index (κ3) is 3.39. The van der Waals surface area contributed by atoms with Crippen LogP contribution in [0.4, 0.5) is 0 Å². The van der Waals surface area contributed by atoms with Gasteiger partial charge in [-0.1, -0.05) is 109 Å². The van der Waals surface area contributed by atoms with Crippen molar-refractivity contribution in [3.8, 4) is 33.4 Å².